The van der Waals surface area contributed by atoms with Crippen molar-refractivity contribution in [2.24, 2.45) is 0 Å². The SMILES string of the molecule is CC(C)c1ccc(CCc2nc(N3CCCC3Cc3ccc(Cl)cc3)ncc2C(=O)O)cc1. The van der Waals surface area contributed by atoms with Gasteiger partial charge in [0, 0.05) is 23.8 Å². The molecule has 0 spiro atoms. The minimum atomic E-state index is -0.981. The van der Waals surface area contributed by atoms with Crippen LogP contribution >= 0.6 is 11.6 Å². The fraction of sp³-hybridized carbons (Fsp3) is 0.370. The number of carbonyl (C=O) groups is 1. The zero-order valence-corrected chi connectivity index (χ0v) is 19.9. The highest BCUT2D eigenvalue weighted by Crippen LogP contribution is 2.27. The molecule has 0 aliphatic carbocycles. The molecule has 2 aromatic carbocycles. The summed E-state index contributed by atoms with van der Waals surface area (Å²) in [7, 11) is 0. The number of aryl methyl sites for hydroxylation is 2. The van der Waals surface area contributed by atoms with Crippen LogP contribution in [-0.4, -0.2) is 33.6 Å². The van der Waals surface area contributed by atoms with E-state index < -0.39 is 5.97 Å². The van der Waals surface area contributed by atoms with Crippen molar-refractivity contribution in [1.82, 2.24) is 9.97 Å². The summed E-state index contributed by atoms with van der Waals surface area (Å²) >= 11 is 6.03. The Bertz CT molecular complexity index is 1100. The first-order valence-corrected chi connectivity index (χ1v) is 12.0. The van der Waals surface area contributed by atoms with Crippen LogP contribution in [0.5, 0.6) is 0 Å². The molecule has 172 valence electrons. The number of hydrogen-bond acceptors (Lipinski definition) is 4. The van der Waals surface area contributed by atoms with Gasteiger partial charge in [0.2, 0.25) is 5.95 Å². The van der Waals surface area contributed by atoms with Gasteiger partial charge in [-0.1, -0.05) is 61.8 Å². The Balaban J connectivity index is 1.52. The lowest BCUT2D eigenvalue weighted by Gasteiger charge is -2.25. The molecule has 0 bridgehead atoms. The Kier molecular flexibility index (Phi) is 7.29. The molecule has 2 heterocycles. The largest absolute Gasteiger partial charge is 0.478 e. The van der Waals surface area contributed by atoms with Gasteiger partial charge >= 0.3 is 5.97 Å². The third-order valence-electron chi connectivity index (χ3n) is 6.40. The van der Waals surface area contributed by atoms with E-state index >= 15 is 0 Å². The van der Waals surface area contributed by atoms with Gasteiger partial charge in [0.1, 0.15) is 0 Å². The molecular weight excluding hydrogens is 434 g/mol. The third kappa shape index (κ3) is 5.72. The molecular formula is C27H30ClN3O2. The van der Waals surface area contributed by atoms with Crippen molar-refractivity contribution >= 4 is 23.5 Å². The van der Waals surface area contributed by atoms with Gasteiger partial charge in [-0.25, -0.2) is 14.8 Å². The number of benzene rings is 2. The highest BCUT2D eigenvalue weighted by Gasteiger charge is 2.28. The summed E-state index contributed by atoms with van der Waals surface area (Å²) in [6.07, 6.45) is 5.79. The molecule has 1 aliphatic heterocycles. The number of rotatable bonds is 8. The second kappa shape index (κ2) is 10.3. The monoisotopic (exact) mass is 463 g/mol. The molecule has 1 aliphatic rings. The van der Waals surface area contributed by atoms with Gasteiger partial charge in [-0.15, -0.1) is 0 Å². The standard InChI is InChI=1S/C27H30ClN3O2/c1-18(2)21-10-5-19(6-11-21)9-14-25-24(26(32)33)17-29-27(30-25)31-15-3-4-23(31)16-20-7-12-22(28)13-8-20/h5-8,10-13,17-18,23H,3-4,9,14-16H2,1-2H3,(H,32,33). The molecule has 1 atom stereocenters. The molecule has 33 heavy (non-hydrogen) atoms. The summed E-state index contributed by atoms with van der Waals surface area (Å²) in [4.78, 5) is 23.2. The maximum Gasteiger partial charge on any atom is 0.339 e. The molecule has 3 aromatic rings. The van der Waals surface area contributed by atoms with Crippen LogP contribution in [0.1, 0.15) is 65.3 Å². The molecule has 1 saturated heterocycles. The highest BCUT2D eigenvalue weighted by atomic mass is 35.5. The lowest BCUT2D eigenvalue weighted by molar-refractivity contribution is 0.0694. The first-order chi connectivity index (χ1) is 15.9. The van der Waals surface area contributed by atoms with Gasteiger partial charge in [-0.2, -0.15) is 0 Å². The minimum absolute atomic E-state index is 0.186. The second-order valence-corrected chi connectivity index (χ2v) is 9.49. The van der Waals surface area contributed by atoms with Crippen molar-refractivity contribution in [3.8, 4) is 0 Å². The van der Waals surface area contributed by atoms with Crippen LogP contribution in [0.15, 0.2) is 54.7 Å². The van der Waals surface area contributed by atoms with Crippen LogP contribution in [0.4, 0.5) is 5.95 Å². The van der Waals surface area contributed by atoms with E-state index in [9.17, 15) is 9.90 Å². The van der Waals surface area contributed by atoms with Crippen LogP contribution < -0.4 is 4.90 Å². The van der Waals surface area contributed by atoms with Crippen molar-refractivity contribution in [2.75, 3.05) is 11.4 Å². The summed E-state index contributed by atoms with van der Waals surface area (Å²) in [5, 5.41) is 10.4. The number of carboxylic acid groups (broad SMARTS) is 1. The van der Waals surface area contributed by atoms with Crippen LogP contribution in [0.3, 0.4) is 0 Å². The molecule has 0 radical (unpaired) electrons. The van der Waals surface area contributed by atoms with E-state index in [0.29, 0.717) is 30.0 Å². The maximum absolute atomic E-state index is 11.8. The van der Waals surface area contributed by atoms with E-state index in [1.54, 1.807) is 0 Å². The van der Waals surface area contributed by atoms with Gasteiger partial charge in [0.15, 0.2) is 0 Å². The first kappa shape index (κ1) is 23.2. The predicted molar refractivity (Wildman–Crippen MR) is 132 cm³/mol. The quantitative estimate of drug-likeness (QED) is 0.447. The summed E-state index contributed by atoms with van der Waals surface area (Å²) in [6.45, 7) is 5.23. The van der Waals surface area contributed by atoms with Gasteiger partial charge in [0.25, 0.3) is 0 Å². The summed E-state index contributed by atoms with van der Waals surface area (Å²) in [6, 6.07) is 16.8. The summed E-state index contributed by atoms with van der Waals surface area (Å²) in [5.74, 6) is 0.135. The molecule has 1 N–H and O–H groups in total. The van der Waals surface area contributed by atoms with Crippen molar-refractivity contribution in [3.05, 3.63) is 87.7 Å². The third-order valence-corrected chi connectivity index (χ3v) is 6.65. The lowest BCUT2D eigenvalue weighted by Crippen LogP contribution is -2.33. The number of hydrogen-bond donors (Lipinski definition) is 1. The van der Waals surface area contributed by atoms with E-state index in [0.717, 1.165) is 37.3 Å². The van der Waals surface area contributed by atoms with Crippen LogP contribution in [0.2, 0.25) is 5.02 Å². The molecule has 0 amide bonds. The molecule has 1 unspecified atom stereocenters. The number of halogens is 1. The molecule has 4 rings (SSSR count). The fourth-order valence-corrected chi connectivity index (χ4v) is 4.58. The fourth-order valence-electron chi connectivity index (χ4n) is 4.45. The molecule has 6 heteroatoms. The highest BCUT2D eigenvalue weighted by molar-refractivity contribution is 6.30. The molecule has 1 aromatic heterocycles. The van der Waals surface area contributed by atoms with Crippen LogP contribution in [0.25, 0.3) is 0 Å². The molecule has 0 saturated carbocycles. The zero-order valence-electron chi connectivity index (χ0n) is 19.2. The van der Waals surface area contributed by atoms with Gasteiger partial charge < -0.3 is 10.0 Å². The zero-order chi connectivity index (χ0) is 23.4. The number of aromatic nitrogens is 2. The Morgan fingerprint density at radius 2 is 1.79 bits per heavy atom. The second-order valence-electron chi connectivity index (χ2n) is 9.05. The van der Waals surface area contributed by atoms with E-state index in [-0.39, 0.29) is 5.56 Å². The Labute approximate surface area is 200 Å². The van der Waals surface area contributed by atoms with Gasteiger partial charge in [-0.3, -0.25) is 0 Å². The van der Waals surface area contributed by atoms with Crippen LogP contribution in [0, 0.1) is 0 Å². The number of nitrogens with zero attached hydrogens (tertiary/aromatic N) is 3. The summed E-state index contributed by atoms with van der Waals surface area (Å²) < 4.78 is 0. The number of aromatic carboxylic acids is 1. The Morgan fingerprint density at radius 3 is 2.45 bits per heavy atom. The van der Waals surface area contributed by atoms with Crippen LogP contribution in [-0.2, 0) is 19.3 Å². The average molecular weight is 464 g/mol. The Hall–Kier alpha value is -2.92. The minimum Gasteiger partial charge on any atom is -0.478 e. The van der Waals surface area contributed by atoms with Crippen molar-refractivity contribution in [2.45, 2.75) is 57.9 Å². The predicted octanol–water partition coefficient (Wildman–Crippen LogP) is 5.95. The van der Waals surface area contributed by atoms with E-state index in [1.807, 2.05) is 12.1 Å². The number of anilines is 1. The summed E-state index contributed by atoms with van der Waals surface area (Å²) in [5.41, 5.74) is 4.49. The van der Waals surface area contributed by atoms with E-state index in [2.05, 4.69) is 60.1 Å². The number of carboxylic acids is 1. The average Bonchev–Trinajstić information content (AvgIpc) is 3.27. The lowest BCUT2D eigenvalue weighted by atomic mass is 9.99. The topological polar surface area (TPSA) is 66.3 Å². The van der Waals surface area contributed by atoms with E-state index in [4.69, 9.17) is 16.6 Å². The molecule has 1 fully saturated rings. The normalized spacial score (nSPS) is 15.9. The Morgan fingerprint density at radius 1 is 1.09 bits per heavy atom. The van der Waals surface area contributed by atoms with Crippen molar-refractivity contribution < 1.29 is 9.90 Å². The van der Waals surface area contributed by atoms with E-state index in [1.165, 1.54) is 22.9 Å². The van der Waals surface area contributed by atoms with Gasteiger partial charge in [-0.05, 0) is 66.8 Å². The van der Waals surface area contributed by atoms with Crippen molar-refractivity contribution in [3.63, 3.8) is 0 Å². The molecule has 5 nitrogen and oxygen atoms in total. The van der Waals surface area contributed by atoms with Crippen molar-refractivity contribution in [1.29, 1.82) is 0 Å². The maximum atomic E-state index is 11.8. The first-order valence-electron chi connectivity index (χ1n) is 11.6. The smallest absolute Gasteiger partial charge is 0.339 e. The van der Waals surface area contributed by atoms with Gasteiger partial charge in [0.05, 0.1) is 11.3 Å².